The Morgan fingerprint density at radius 3 is 2.77 bits per heavy atom. The van der Waals surface area contributed by atoms with Gasteiger partial charge in [0.2, 0.25) is 11.1 Å². The molecule has 2 aromatic heterocycles. The van der Waals surface area contributed by atoms with Gasteiger partial charge in [0, 0.05) is 5.56 Å². The van der Waals surface area contributed by atoms with Crippen molar-refractivity contribution in [2.75, 3.05) is 18.2 Å². The summed E-state index contributed by atoms with van der Waals surface area (Å²) in [7, 11) is 1.60. The van der Waals surface area contributed by atoms with E-state index in [9.17, 15) is 9.59 Å². The molecule has 0 aliphatic heterocycles. The van der Waals surface area contributed by atoms with Crippen molar-refractivity contribution in [1.82, 2.24) is 15.2 Å². The normalized spacial score (nSPS) is 10.5. The maximum atomic E-state index is 12.0. The molecule has 0 saturated carbocycles. The number of thiophene rings is 1. The van der Waals surface area contributed by atoms with Crippen LogP contribution in [-0.4, -0.2) is 39.9 Å². The van der Waals surface area contributed by atoms with Crippen LogP contribution in [0.5, 0.6) is 5.75 Å². The molecule has 0 bridgehead atoms. The van der Waals surface area contributed by atoms with E-state index in [1.54, 1.807) is 18.6 Å². The quantitative estimate of drug-likeness (QED) is 0.533. The number of nitrogens with two attached hydrogens (primary N) is 1. The smallest absolute Gasteiger partial charge is 0.251 e. The summed E-state index contributed by atoms with van der Waals surface area (Å²) < 4.78 is 5.12. The van der Waals surface area contributed by atoms with E-state index in [0.29, 0.717) is 21.5 Å². The Morgan fingerprint density at radius 2 is 2.08 bits per heavy atom. The third-order valence-electron chi connectivity index (χ3n) is 3.34. The van der Waals surface area contributed by atoms with Crippen molar-refractivity contribution in [2.24, 2.45) is 5.73 Å². The van der Waals surface area contributed by atoms with Crippen LogP contribution < -0.4 is 15.8 Å². The minimum absolute atomic E-state index is 0.107. The molecule has 0 aliphatic carbocycles. The fourth-order valence-electron chi connectivity index (χ4n) is 2.08. The summed E-state index contributed by atoms with van der Waals surface area (Å²) in [6, 6.07) is 8.96. The van der Waals surface area contributed by atoms with Crippen LogP contribution in [0.3, 0.4) is 0 Å². The van der Waals surface area contributed by atoms with Crippen LogP contribution in [-0.2, 0) is 4.79 Å². The Kier molecular flexibility index (Phi) is 5.54. The van der Waals surface area contributed by atoms with Crippen molar-refractivity contribution in [3.05, 3.63) is 41.3 Å². The summed E-state index contributed by atoms with van der Waals surface area (Å²) in [6.07, 6.45) is 0. The summed E-state index contributed by atoms with van der Waals surface area (Å²) in [5, 5.41) is 12.2. The molecule has 8 nitrogen and oxygen atoms in total. The van der Waals surface area contributed by atoms with Crippen molar-refractivity contribution < 1.29 is 14.3 Å². The molecule has 134 valence electrons. The van der Waals surface area contributed by atoms with Gasteiger partial charge in [0.25, 0.3) is 5.91 Å². The lowest BCUT2D eigenvalue weighted by Crippen LogP contribution is -2.17. The van der Waals surface area contributed by atoms with Gasteiger partial charge in [0.1, 0.15) is 10.8 Å². The number of benzene rings is 1. The lowest BCUT2D eigenvalue weighted by Gasteiger charge is -2.03. The SMILES string of the molecule is COc1ccc(-c2nc(SCC(=O)Nc3sccc3C(N)=O)n[nH]2)cc1. The standard InChI is InChI=1S/C16H15N5O3S2/c1-24-10-4-2-9(3-5-10)14-19-16(21-20-14)26-8-12(22)18-15-11(13(17)23)6-7-25-15/h2-7H,8H2,1H3,(H2,17,23)(H,18,22)(H,19,20,21). The van der Waals surface area contributed by atoms with Crippen molar-refractivity contribution in [3.8, 4) is 17.1 Å². The van der Waals surface area contributed by atoms with Crippen molar-refractivity contribution in [3.63, 3.8) is 0 Å². The van der Waals surface area contributed by atoms with Gasteiger partial charge in [-0.2, -0.15) is 0 Å². The number of hydrogen-bond donors (Lipinski definition) is 3. The lowest BCUT2D eigenvalue weighted by atomic mass is 10.2. The van der Waals surface area contributed by atoms with Gasteiger partial charge < -0.3 is 15.8 Å². The Bertz CT molecular complexity index is 920. The third-order valence-corrected chi connectivity index (χ3v) is 5.02. The van der Waals surface area contributed by atoms with Gasteiger partial charge in [-0.25, -0.2) is 4.98 Å². The second kappa shape index (κ2) is 8.02. The number of carbonyl (C=O) groups excluding carboxylic acids is 2. The van der Waals surface area contributed by atoms with E-state index in [-0.39, 0.29) is 11.7 Å². The van der Waals surface area contributed by atoms with Crippen LogP contribution in [0, 0.1) is 0 Å². The number of aromatic amines is 1. The van der Waals surface area contributed by atoms with E-state index in [1.165, 1.54) is 23.1 Å². The van der Waals surface area contributed by atoms with Crippen molar-refractivity contribution in [1.29, 1.82) is 0 Å². The summed E-state index contributed by atoms with van der Waals surface area (Å²) in [4.78, 5) is 27.7. The van der Waals surface area contributed by atoms with Gasteiger partial charge >= 0.3 is 0 Å². The highest BCUT2D eigenvalue weighted by Crippen LogP contribution is 2.24. The summed E-state index contributed by atoms with van der Waals surface area (Å²) in [6.45, 7) is 0. The fraction of sp³-hybridized carbons (Fsp3) is 0.125. The van der Waals surface area contributed by atoms with Crippen molar-refractivity contribution >= 4 is 39.9 Å². The molecule has 0 fully saturated rings. The maximum Gasteiger partial charge on any atom is 0.251 e. The predicted octanol–water partition coefficient (Wildman–Crippen LogP) is 2.37. The number of amides is 2. The van der Waals surface area contributed by atoms with E-state index in [1.807, 2.05) is 24.3 Å². The Labute approximate surface area is 157 Å². The number of nitrogens with zero attached hydrogens (tertiary/aromatic N) is 2. The first-order valence-electron chi connectivity index (χ1n) is 7.43. The maximum absolute atomic E-state index is 12.0. The Balaban J connectivity index is 1.58. The molecule has 4 N–H and O–H groups in total. The Morgan fingerprint density at radius 1 is 1.31 bits per heavy atom. The number of anilines is 1. The zero-order valence-electron chi connectivity index (χ0n) is 13.7. The summed E-state index contributed by atoms with van der Waals surface area (Å²) >= 11 is 2.43. The summed E-state index contributed by atoms with van der Waals surface area (Å²) in [5.74, 6) is 0.618. The highest BCUT2D eigenvalue weighted by atomic mass is 32.2. The van der Waals surface area contributed by atoms with E-state index in [2.05, 4.69) is 20.5 Å². The second-order valence-corrected chi connectivity index (χ2v) is 6.92. The number of methoxy groups -OCH3 is 1. The number of rotatable bonds is 7. The van der Waals surface area contributed by atoms with Crippen molar-refractivity contribution in [2.45, 2.75) is 5.16 Å². The van der Waals surface area contributed by atoms with Gasteiger partial charge in [-0.1, -0.05) is 11.8 Å². The Hall–Kier alpha value is -2.85. The van der Waals surface area contributed by atoms with Gasteiger partial charge in [0.15, 0.2) is 5.82 Å². The molecule has 0 atom stereocenters. The van der Waals surface area contributed by atoms with E-state index < -0.39 is 5.91 Å². The number of primary amides is 1. The van der Waals surface area contributed by atoms with Crippen LogP contribution in [0.4, 0.5) is 5.00 Å². The number of hydrogen-bond acceptors (Lipinski definition) is 7. The van der Waals surface area contributed by atoms with Crippen LogP contribution >= 0.6 is 23.1 Å². The number of ether oxygens (including phenoxy) is 1. The molecule has 3 aromatic rings. The molecule has 0 aliphatic rings. The molecule has 0 radical (unpaired) electrons. The molecule has 0 saturated heterocycles. The average molecular weight is 389 g/mol. The zero-order chi connectivity index (χ0) is 18.5. The molecule has 0 spiro atoms. The first-order chi connectivity index (χ1) is 12.6. The minimum Gasteiger partial charge on any atom is -0.497 e. The average Bonchev–Trinajstić information content (AvgIpc) is 3.29. The molecule has 0 unspecified atom stereocenters. The lowest BCUT2D eigenvalue weighted by molar-refractivity contribution is -0.113. The van der Waals surface area contributed by atoms with Gasteiger partial charge in [-0.05, 0) is 35.7 Å². The minimum atomic E-state index is -0.577. The first kappa shape index (κ1) is 18.0. The highest BCUT2D eigenvalue weighted by molar-refractivity contribution is 7.99. The van der Waals surface area contributed by atoms with E-state index in [4.69, 9.17) is 10.5 Å². The van der Waals surface area contributed by atoms with E-state index in [0.717, 1.165) is 11.3 Å². The molecule has 2 amide bonds. The van der Waals surface area contributed by atoms with E-state index >= 15 is 0 Å². The van der Waals surface area contributed by atoms with Crippen LogP contribution in [0.25, 0.3) is 11.4 Å². The number of nitrogens with one attached hydrogen (secondary N) is 2. The molecule has 3 rings (SSSR count). The topological polar surface area (TPSA) is 123 Å². The largest absolute Gasteiger partial charge is 0.497 e. The van der Waals surface area contributed by atoms with Gasteiger partial charge in [-0.15, -0.1) is 16.4 Å². The molecule has 26 heavy (non-hydrogen) atoms. The fourth-order valence-corrected chi connectivity index (χ4v) is 3.49. The second-order valence-electron chi connectivity index (χ2n) is 5.06. The monoisotopic (exact) mass is 389 g/mol. The number of carbonyl (C=O) groups is 2. The summed E-state index contributed by atoms with van der Waals surface area (Å²) in [5.41, 5.74) is 6.41. The van der Waals surface area contributed by atoms with Gasteiger partial charge in [-0.3, -0.25) is 14.7 Å². The highest BCUT2D eigenvalue weighted by Gasteiger charge is 2.14. The predicted molar refractivity (Wildman–Crippen MR) is 101 cm³/mol. The van der Waals surface area contributed by atoms with Crippen LogP contribution in [0.15, 0.2) is 40.9 Å². The van der Waals surface area contributed by atoms with Crippen LogP contribution in [0.1, 0.15) is 10.4 Å². The molecule has 2 heterocycles. The number of aromatic nitrogens is 3. The molecule has 1 aromatic carbocycles. The molecule has 10 heteroatoms. The first-order valence-corrected chi connectivity index (χ1v) is 9.30. The molecular weight excluding hydrogens is 374 g/mol. The number of H-pyrrole nitrogens is 1. The zero-order valence-corrected chi connectivity index (χ0v) is 15.3. The van der Waals surface area contributed by atoms with Gasteiger partial charge in [0.05, 0.1) is 18.4 Å². The van der Waals surface area contributed by atoms with Crippen LogP contribution in [0.2, 0.25) is 0 Å². The number of thioether (sulfide) groups is 1. The third kappa shape index (κ3) is 4.21. The molecular formula is C16H15N5O3S2.